The number of alkyl halides is 1. The van der Waals surface area contributed by atoms with Crippen LogP contribution in [0.2, 0.25) is 44.6 Å². The molecule has 48 heteroatoms. The second kappa shape index (κ2) is 50.8. The van der Waals surface area contributed by atoms with Gasteiger partial charge in [0.25, 0.3) is 12.4 Å². The van der Waals surface area contributed by atoms with E-state index in [2.05, 4.69) is 59.5 Å². The Balaban J connectivity index is 0.00000129. The molecular weight excluding hydrogens is 1840 g/mol. The van der Waals surface area contributed by atoms with Crippen molar-refractivity contribution in [3.05, 3.63) is 191 Å². The number of anilines is 2. The maximum atomic E-state index is 12.6. The number of amides is 1. The number of esters is 2. The summed E-state index contributed by atoms with van der Waals surface area (Å²) in [7, 11) is -4.73. The van der Waals surface area contributed by atoms with E-state index in [4.69, 9.17) is 139 Å². The van der Waals surface area contributed by atoms with Crippen LogP contribution in [-0.2, 0) is 38.8 Å². The standard InChI is InChI=1S/C18H13Cl2N3O3S3.C10H6Cl2N2O2S2.C9H4Cl2N2O2S2.C9H11NO2S.C5H3Cl2NS.C5H4ClNO2S.CH3F.CH2O3.2K.Na.H2O.H/c1-9-8-29(25,26)15-4-10(2-3-11(9)15)23-17(24)14-7-22-18(27-14)28-16-12(19)5-21-6-13(16)20;1-16-9(15)7-4-14-10(17-7)18-8-5(11)2-13-3-6(8)12;10-4-1-12-2-5(11)7(4)17-9-13-3-6(16-9)8(14)15;1-6-5-13(11,12)9-4-7(10)2-3-8(6)9;6-3-1-8-2-4(7)5(3)9;1-9-4(8)3-2-7-5(6)10-3;1-2;2-1-4-3;;;;;/h2-7,9H,8H2,1H3,(H,23,24);2-4H,1H3;1-3H,(H,14,15);2-4,6H,5,10H2,1H3;1-2H,(H,8,9);2H,1H3;1H3;1,3H;;;;1H2;/q;;;;;;;;3*+1;;-1/p-2/i;;;;;;1D;;;;;;. The largest absolute Gasteiger partial charge is 1.00 e. The number of aromatic carboxylic acids is 1. The number of aromatic amines is 1. The molecule has 0 fully saturated rings. The Bertz CT molecular complexity index is 4880. The molecule has 0 saturated heterocycles. The van der Waals surface area contributed by atoms with Gasteiger partial charge in [-0.15, -0.1) is 34.0 Å². The summed E-state index contributed by atoms with van der Waals surface area (Å²) in [5.74, 6) is -1.82. The third-order valence-corrected chi connectivity index (χ3v) is 27.3. The van der Waals surface area contributed by atoms with E-state index in [9.17, 15) is 40.4 Å². The molecule has 2 atom stereocenters. The quantitative estimate of drug-likeness (QED) is 0.0170. The number of rotatable bonds is 12. The molecule has 552 valence electrons. The zero-order chi connectivity index (χ0) is 76.5. The van der Waals surface area contributed by atoms with Crippen LogP contribution in [0.1, 0.15) is 78.3 Å². The van der Waals surface area contributed by atoms with Gasteiger partial charge in [-0.3, -0.25) is 28.9 Å². The Morgan fingerprint density at radius 1 is 0.642 bits per heavy atom. The summed E-state index contributed by atoms with van der Waals surface area (Å²) < 4.78 is 74.8. The molecule has 106 heavy (non-hydrogen) atoms. The van der Waals surface area contributed by atoms with Crippen LogP contribution in [0.3, 0.4) is 0 Å². The molecule has 0 spiro atoms. The summed E-state index contributed by atoms with van der Waals surface area (Å²) >= 11 is 65.9. The average molecular weight is 1890 g/mol. The van der Waals surface area contributed by atoms with E-state index >= 15 is 0 Å². The first-order valence-corrected chi connectivity index (χ1v) is 39.7. The van der Waals surface area contributed by atoms with Gasteiger partial charge in [0.05, 0.1) is 128 Å². The average Bonchev–Trinajstić information content (AvgIpc) is 1.63. The number of nitrogens with zero attached hydrogens (tertiary/aromatic N) is 7. The van der Waals surface area contributed by atoms with Crippen molar-refractivity contribution < 1.29 is 211 Å². The molecule has 2 aliphatic rings. The molecule has 0 bridgehead atoms. The number of carboxylic acids is 1. The molecule has 6 N–H and O–H groups in total. The molecule has 0 aliphatic carbocycles. The third-order valence-electron chi connectivity index (χ3n) is 12.0. The number of carbonyl (C=O) groups is 5. The van der Waals surface area contributed by atoms with Gasteiger partial charge in [-0.1, -0.05) is 189 Å². The van der Waals surface area contributed by atoms with Crippen LogP contribution in [-0.4, -0.2) is 130 Å². The number of ether oxygens (including phenoxy) is 2. The Morgan fingerprint density at radius 2 is 0.991 bits per heavy atom. The number of carboxylic acid groups (broad SMARTS) is 1. The summed E-state index contributed by atoms with van der Waals surface area (Å²) in [5.41, 5.74) is 8.15. The Morgan fingerprint density at radius 3 is 1.35 bits per heavy atom. The normalized spacial score (nSPS) is 13.2. The first-order valence-electron chi connectivity index (χ1n) is 27.6. The molecule has 10 aromatic rings. The summed E-state index contributed by atoms with van der Waals surface area (Å²) in [6.07, 6.45) is 17.7. The van der Waals surface area contributed by atoms with Gasteiger partial charge >= 0.3 is 150 Å². The predicted molar refractivity (Wildman–Crippen MR) is 403 cm³/mol. The zero-order valence-electron chi connectivity index (χ0n) is 57.0. The molecule has 2 unspecified atom stereocenters. The van der Waals surface area contributed by atoms with Crippen LogP contribution in [0, 0.1) is 4.51 Å². The van der Waals surface area contributed by atoms with Crippen molar-refractivity contribution in [1.29, 1.82) is 0 Å². The smallest absolute Gasteiger partial charge is 1.00 e. The van der Waals surface area contributed by atoms with Crippen molar-refractivity contribution in [3.63, 3.8) is 0 Å². The fraction of sp³-hybridized carbons (Fsp3) is 0.155. The molecular formula is C58H47Cl9FK2N10NaO15S10. The molecule has 2 aliphatic heterocycles. The number of thiazole rings is 4. The van der Waals surface area contributed by atoms with Crippen LogP contribution in [0.25, 0.3) is 0 Å². The second-order valence-corrected chi connectivity index (χ2v) is 35.0. The maximum Gasteiger partial charge on any atom is 1.00 e. The van der Waals surface area contributed by atoms with Gasteiger partial charge in [0.2, 0.25) is 0 Å². The van der Waals surface area contributed by atoms with Gasteiger partial charge in [-0.2, -0.15) is 0 Å². The number of benzene rings is 2. The molecule has 10 heterocycles. The minimum atomic E-state index is -3.31. The number of fused-ring (bicyclic) bond motifs is 2. The summed E-state index contributed by atoms with van der Waals surface area (Å²) in [5, 5.41) is 23.4. The number of halogens is 10. The van der Waals surface area contributed by atoms with Crippen LogP contribution >= 0.6 is 197 Å². The van der Waals surface area contributed by atoms with E-state index < -0.39 is 44.7 Å². The first kappa shape index (κ1) is 101. The van der Waals surface area contributed by atoms with Gasteiger partial charge in [0, 0.05) is 60.9 Å². The molecule has 1 amide bonds. The van der Waals surface area contributed by atoms with Crippen molar-refractivity contribution in [3.8, 4) is 0 Å². The minimum absolute atomic E-state index is 0. The fourth-order valence-electron chi connectivity index (χ4n) is 7.67. The number of nitrogens with one attached hydrogen (secondary N) is 2. The zero-order valence-corrected chi connectivity index (χ0v) is 78.2. The topological polar surface area (TPSA) is 399 Å². The van der Waals surface area contributed by atoms with Gasteiger partial charge < -0.3 is 47.7 Å². The molecule has 2 aromatic carbocycles. The molecule has 0 saturated carbocycles. The van der Waals surface area contributed by atoms with Gasteiger partial charge in [-0.05, 0) is 47.2 Å². The number of sulfone groups is 2. The number of nitrogen functional groups attached to an aromatic ring is 1. The monoisotopic (exact) mass is 1880 g/mol. The summed E-state index contributed by atoms with van der Waals surface area (Å²) in [4.78, 5) is 90.9. The molecule has 0 radical (unpaired) electrons. The Kier molecular flexibility index (Phi) is 48.2. The van der Waals surface area contributed by atoms with Crippen molar-refractivity contribution >= 4 is 259 Å². The minimum Gasteiger partial charge on any atom is -1.00 e. The summed E-state index contributed by atoms with van der Waals surface area (Å²) in [6.45, 7) is 3.61. The number of carbonyl (C=O) groups excluding carboxylic acids is 4. The van der Waals surface area contributed by atoms with E-state index in [0.29, 0.717) is 108 Å². The van der Waals surface area contributed by atoms with Crippen LogP contribution in [0.15, 0.2) is 148 Å². The van der Waals surface area contributed by atoms with Crippen molar-refractivity contribution in [1.82, 2.24) is 39.9 Å². The number of aromatic nitrogens is 8. The predicted octanol–water partition coefficient (Wildman–Crippen LogP) is 8.38. The number of hydrogen-bond donors (Lipinski definition) is 4. The maximum absolute atomic E-state index is 12.6. The molecule has 12 rings (SSSR count). The van der Waals surface area contributed by atoms with E-state index in [1.807, 2.05) is 13.8 Å². The first-order chi connectivity index (χ1) is 48.7. The van der Waals surface area contributed by atoms with Gasteiger partial charge in [0.1, 0.15) is 19.5 Å². The van der Waals surface area contributed by atoms with Crippen molar-refractivity contribution in [2.24, 2.45) is 0 Å². The molecule has 8 aromatic heterocycles. The van der Waals surface area contributed by atoms with Crippen LogP contribution in [0.4, 0.5) is 15.8 Å². The van der Waals surface area contributed by atoms with Gasteiger partial charge in [0.15, 0.2) is 37.2 Å². The van der Waals surface area contributed by atoms with Crippen LogP contribution in [0.5, 0.6) is 0 Å². The van der Waals surface area contributed by atoms with E-state index in [-0.39, 0.29) is 185 Å². The van der Waals surface area contributed by atoms with E-state index in [1.165, 1.54) is 140 Å². The third kappa shape index (κ3) is 31.4. The summed E-state index contributed by atoms with van der Waals surface area (Å²) in [6, 6.07) is 10.1. The van der Waals surface area contributed by atoms with Crippen molar-refractivity contribution in [2.45, 2.75) is 63.2 Å². The van der Waals surface area contributed by atoms with Gasteiger partial charge in [-0.25, -0.2) is 51.2 Å². The number of pyridine rings is 4. The number of nitrogens with two attached hydrogens (primary N) is 1. The number of H-pyrrole nitrogens is 1. The van der Waals surface area contributed by atoms with E-state index in [1.54, 1.807) is 42.7 Å². The number of hydrogen-bond acceptors (Lipinski definition) is 30. The van der Waals surface area contributed by atoms with E-state index in [0.717, 1.165) is 33.8 Å². The molecule has 25 nitrogen and oxygen atoms in total. The second-order valence-electron chi connectivity index (χ2n) is 18.9. The Hall–Kier alpha value is -1.39. The van der Waals surface area contributed by atoms with Crippen molar-refractivity contribution in [2.75, 3.05) is 43.9 Å². The fourth-order valence-corrected chi connectivity index (χ4v) is 20.1. The number of methoxy groups -OCH3 is 2. The van der Waals surface area contributed by atoms with Crippen LogP contribution < -0.4 is 149 Å². The SMILES string of the molecule is CC1CS(=O)(=O)c2cc(N)ccc21.CC1CS(=O)(=O)c2cc(NC(=O)c3cnc(Sc4c(Cl)cncc4Cl)s3)ccc21.COC(=O)c1cnc(Cl)s1.COC(=O)c1cnc(Sc2c(Cl)cncc2Cl)s1.O=C(O)c1cnc(Sc2c(Cl)cncc2Cl)s1.O=CO[O-].S=c1c(Cl)c[nH]cc1Cl.[2H]CF.[H-].[K+].[K+].[Na+].[OH-]. The Labute approximate surface area is 793 Å².